The van der Waals surface area contributed by atoms with Gasteiger partial charge in [-0.05, 0) is 24.0 Å². The fourth-order valence-electron chi connectivity index (χ4n) is 1.73. The number of benzene rings is 1. The van der Waals surface area contributed by atoms with Crippen molar-refractivity contribution in [3.05, 3.63) is 29.8 Å². The van der Waals surface area contributed by atoms with Crippen LogP contribution in [-0.2, 0) is 10.2 Å². The highest BCUT2D eigenvalue weighted by Crippen LogP contribution is 2.28. The first-order chi connectivity index (χ1) is 7.95. The quantitative estimate of drug-likeness (QED) is 0.840. The van der Waals surface area contributed by atoms with E-state index in [2.05, 4.69) is 37.5 Å². The average Bonchev–Trinajstić information content (AvgIpc) is 2.26. The highest BCUT2D eigenvalue weighted by molar-refractivity contribution is 5.81. The maximum atomic E-state index is 11.4. The molecule has 0 atom stereocenters. The first kappa shape index (κ1) is 13.6. The molecule has 0 bridgehead atoms. The van der Waals surface area contributed by atoms with Crippen LogP contribution in [0.4, 0.5) is 5.69 Å². The van der Waals surface area contributed by atoms with Crippen molar-refractivity contribution >= 4 is 11.6 Å². The van der Waals surface area contributed by atoms with Crippen molar-refractivity contribution in [1.29, 1.82) is 0 Å². The van der Waals surface area contributed by atoms with Gasteiger partial charge in [0.2, 0.25) is 5.91 Å². The molecular formula is C14H22N2O. The van der Waals surface area contributed by atoms with Gasteiger partial charge in [-0.25, -0.2) is 0 Å². The number of nitrogens with one attached hydrogen (secondary N) is 2. The molecule has 0 aliphatic heterocycles. The molecule has 3 heteroatoms. The fourth-order valence-corrected chi connectivity index (χ4v) is 1.73. The van der Waals surface area contributed by atoms with Crippen LogP contribution in [-0.4, -0.2) is 19.0 Å². The number of likely N-dealkylation sites (N-methyl/N-ethyl adjacent to an activating group) is 1. The Morgan fingerprint density at radius 2 is 1.88 bits per heavy atom. The summed E-state index contributed by atoms with van der Waals surface area (Å²) in [7, 11) is 0. The monoisotopic (exact) mass is 234 g/mol. The molecule has 17 heavy (non-hydrogen) atoms. The normalized spacial score (nSPS) is 11.1. The lowest BCUT2D eigenvalue weighted by atomic mass is 9.86. The van der Waals surface area contributed by atoms with Crippen molar-refractivity contribution in [2.45, 2.75) is 33.1 Å². The Bertz CT molecular complexity index is 380. The molecule has 1 aromatic carbocycles. The van der Waals surface area contributed by atoms with Gasteiger partial charge in [0.1, 0.15) is 0 Å². The topological polar surface area (TPSA) is 41.1 Å². The van der Waals surface area contributed by atoms with Crippen LogP contribution in [0.5, 0.6) is 0 Å². The first-order valence-corrected chi connectivity index (χ1v) is 6.05. The number of rotatable bonds is 4. The Morgan fingerprint density at radius 1 is 1.24 bits per heavy atom. The molecule has 0 heterocycles. The molecule has 0 spiro atoms. The molecule has 94 valence electrons. The molecule has 0 aliphatic rings. The number of hydrogen-bond acceptors (Lipinski definition) is 2. The maximum absolute atomic E-state index is 11.4. The Morgan fingerprint density at radius 3 is 2.47 bits per heavy atom. The van der Waals surface area contributed by atoms with E-state index in [-0.39, 0.29) is 11.3 Å². The van der Waals surface area contributed by atoms with Gasteiger partial charge in [-0.2, -0.15) is 0 Å². The van der Waals surface area contributed by atoms with Gasteiger partial charge >= 0.3 is 0 Å². The second kappa shape index (κ2) is 5.71. The molecule has 2 N–H and O–H groups in total. The van der Waals surface area contributed by atoms with Gasteiger partial charge in [0.05, 0.1) is 6.54 Å². The summed E-state index contributed by atoms with van der Waals surface area (Å²) in [6.45, 7) is 9.41. The molecule has 3 nitrogen and oxygen atoms in total. The molecule has 0 aromatic heterocycles. The summed E-state index contributed by atoms with van der Waals surface area (Å²) in [6.07, 6.45) is 0. The summed E-state index contributed by atoms with van der Waals surface area (Å²) >= 11 is 0. The molecule has 0 saturated heterocycles. The summed E-state index contributed by atoms with van der Waals surface area (Å²) in [5.41, 5.74) is 2.33. The second-order valence-electron chi connectivity index (χ2n) is 5.10. The van der Waals surface area contributed by atoms with Crippen LogP contribution in [0.25, 0.3) is 0 Å². The summed E-state index contributed by atoms with van der Waals surface area (Å²) in [4.78, 5) is 11.4. The van der Waals surface area contributed by atoms with Gasteiger partial charge in [-0.3, -0.25) is 4.79 Å². The van der Waals surface area contributed by atoms with E-state index >= 15 is 0 Å². The third-order valence-corrected chi connectivity index (χ3v) is 2.55. The molecule has 1 amide bonds. The molecular weight excluding hydrogens is 212 g/mol. The van der Waals surface area contributed by atoms with Crippen molar-refractivity contribution in [3.8, 4) is 0 Å². The smallest absolute Gasteiger partial charge is 0.239 e. The van der Waals surface area contributed by atoms with Crippen LogP contribution in [0.15, 0.2) is 24.3 Å². The number of anilines is 1. The average molecular weight is 234 g/mol. The van der Waals surface area contributed by atoms with E-state index < -0.39 is 0 Å². The van der Waals surface area contributed by atoms with Crippen molar-refractivity contribution in [2.75, 3.05) is 18.4 Å². The minimum atomic E-state index is 0.0243. The maximum Gasteiger partial charge on any atom is 0.239 e. The van der Waals surface area contributed by atoms with Crippen LogP contribution in [0.3, 0.4) is 0 Å². The second-order valence-corrected chi connectivity index (χ2v) is 5.10. The zero-order chi connectivity index (χ0) is 12.9. The zero-order valence-corrected chi connectivity index (χ0v) is 11.1. The van der Waals surface area contributed by atoms with E-state index in [4.69, 9.17) is 0 Å². The van der Waals surface area contributed by atoms with Crippen LogP contribution < -0.4 is 10.6 Å². The van der Waals surface area contributed by atoms with Crippen molar-refractivity contribution in [2.24, 2.45) is 0 Å². The summed E-state index contributed by atoms with van der Waals surface area (Å²) in [5.74, 6) is 0.0243. The van der Waals surface area contributed by atoms with Gasteiger partial charge < -0.3 is 10.6 Å². The number of amides is 1. The largest absolute Gasteiger partial charge is 0.376 e. The van der Waals surface area contributed by atoms with E-state index in [1.54, 1.807) is 0 Å². The first-order valence-electron chi connectivity index (χ1n) is 6.05. The zero-order valence-electron chi connectivity index (χ0n) is 11.1. The number of hydrogen-bond donors (Lipinski definition) is 2. The molecule has 1 aromatic rings. The molecule has 0 unspecified atom stereocenters. The van der Waals surface area contributed by atoms with Gasteiger partial charge in [0.25, 0.3) is 0 Å². The number of carbonyl (C=O) groups excluding carboxylic acids is 1. The lowest BCUT2D eigenvalue weighted by molar-refractivity contribution is -0.119. The third-order valence-electron chi connectivity index (χ3n) is 2.55. The van der Waals surface area contributed by atoms with Crippen LogP contribution in [0.2, 0.25) is 0 Å². The minimum Gasteiger partial charge on any atom is -0.376 e. The van der Waals surface area contributed by atoms with E-state index in [1.165, 1.54) is 5.56 Å². The van der Waals surface area contributed by atoms with Crippen molar-refractivity contribution in [1.82, 2.24) is 5.32 Å². The Balaban J connectivity index is 2.74. The van der Waals surface area contributed by atoms with Gasteiger partial charge in [-0.15, -0.1) is 0 Å². The number of para-hydroxylation sites is 1. The lowest BCUT2D eigenvalue weighted by Gasteiger charge is -2.23. The predicted octanol–water partition coefficient (Wildman–Crippen LogP) is 2.53. The lowest BCUT2D eigenvalue weighted by Crippen LogP contribution is -2.30. The highest BCUT2D eigenvalue weighted by atomic mass is 16.1. The SMILES string of the molecule is CCNC(=O)CNc1ccccc1C(C)(C)C. The molecule has 0 aliphatic carbocycles. The predicted molar refractivity (Wildman–Crippen MR) is 72.3 cm³/mol. The van der Waals surface area contributed by atoms with E-state index in [1.807, 2.05) is 25.1 Å². The van der Waals surface area contributed by atoms with E-state index in [9.17, 15) is 4.79 Å². The summed E-state index contributed by atoms with van der Waals surface area (Å²) in [5, 5.41) is 5.96. The van der Waals surface area contributed by atoms with Gasteiger partial charge in [-0.1, -0.05) is 39.0 Å². The molecule has 1 rings (SSSR count). The van der Waals surface area contributed by atoms with E-state index in [0.29, 0.717) is 13.1 Å². The van der Waals surface area contributed by atoms with E-state index in [0.717, 1.165) is 5.69 Å². The van der Waals surface area contributed by atoms with Crippen LogP contribution in [0.1, 0.15) is 33.3 Å². The fraction of sp³-hybridized carbons (Fsp3) is 0.500. The van der Waals surface area contributed by atoms with Crippen LogP contribution in [0, 0.1) is 0 Å². The Kier molecular flexibility index (Phi) is 4.55. The molecule has 0 fully saturated rings. The highest BCUT2D eigenvalue weighted by Gasteiger charge is 2.17. The Labute approximate surface area is 104 Å². The van der Waals surface area contributed by atoms with Gasteiger partial charge in [0, 0.05) is 12.2 Å². The Hall–Kier alpha value is -1.51. The van der Waals surface area contributed by atoms with Gasteiger partial charge in [0.15, 0.2) is 0 Å². The molecule has 0 saturated carbocycles. The minimum absolute atomic E-state index is 0.0243. The summed E-state index contributed by atoms with van der Waals surface area (Å²) < 4.78 is 0. The third kappa shape index (κ3) is 4.10. The standard InChI is InChI=1S/C14H22N2O/c1-5-15-13(17)10-16-12-9-7-6-8-11(12)14(2,3)4/h6-9,16H,5,10H2,1-4H3,(H,15,17). The van der Waals surface area contributed by atoms with Crippen LogP contribution >= 0.6 is 0 Å². The number of carbonyl (C=O) groups is 1. The van der Waals surface area contributed by atoms with Crippen molar-refractivity contribution < 1.29 is 4.79 Å². The summed E-state index contributed by atoms with van der Waals surface area (Å²) in [6, 6.07) is 8.12. The molecule has 0 radical (unpaired) electrons. The van der Waals surface area contributed by atoms with Crippen molar-refractivity contribution in [3.63, 3.8) is 0 Å².